The van der Waals surface area contributed by atoms with Crippen LogP contribution in [0.5, 0.6) is 0 Å². The number of hydrogen-bond acceptors (Lipinski definition) is 4. The number of aliphatic carboxylic acids is 1. The molecule has 17 heavy (non-hydrogen) atoms. The first-order valence-electron chi connectivity index (χ1n) is 5.25. The van der Waals surface area contributed by atoms with Crippen molar-refractivity contribution in [3.63, 3.8) is 0 Å². The van der Waals surface area contributed by atoms with Crippen molar-refractivity contribution in [3.05, 3.63) is 30.4 Å². The largest absolute Gasteiger partial charge is 0.480 e. The van der Waals surface area contributed by atoms with Gasteiger partial charge in [-0.05, 0) is 12.5 Å². The lowest BCUT2D eigenvalue weighted by Crippen LogP contribution is -2.12. The Labute approximate surface area is 98.0 Å². The van der Waals surface area contributed by atoms with Crippen LogP contribution in [-0.4, -0.2) is 30.8 Å². The normalized spacial score (nSPS) is 10.4. The van der Waals surface area contributed by atoms with Crippen molar-refractivity contribution in [2.24, 2.45) is 0 Å². The van der Waals surface area contributed by atoms with Gasteiger partial charge in [0, 0.05) is 18.1 Å². The molecule has 0 aliphatic heterocycles. The van der Waals surface area contributed by atoms with Gasteiger partial charge >= 0.3 is 5.97 Å². The molecule has 0 spiro atoms. The summed E-state index contributed by atoms with van der Waals surface area (Å²) in [5.74, 6) is -0.909. The van der Waals surface area contributed by atoms with Crippen LogP contribution in [0.2, 0.25) is 0 Å². The van der Waals surface area contributed by atoms with Crippen molar-refractivity contribution in [2.45, 2.75) is 19.9 Å². The van der Waals surface area contributed by atoms with Gasteiger partial charge in [0.25, 0.3) is 0 Å². The molecule has 6 heteroatoms. The van der Waals surface area contributed by atoms with Gasteiger partial charge in [0.1, 0.15) is 17.9 Å². The Hall–Kier alpha value is -2.24. The SMILES string of the molecule is CCc1cc(-c2cnccn2)nn1CC(=O)O. The van der Waals surface area contributed by atoms with Crippen molar-refractivity contribution in [2.75, 3.05) is 0 Å². The third kappa shape index (κ3) is 2.47. The lowest BCUT2D eigenvalue weighted by atomic mass is 10.2. The molecular formula is C11H12N4O2. The Kier molecular flexibility index (Phi) is 3.13. The highest BCUT2D eigenvalue weighted by molar-refractivity contribution is 5.66. The summed E-state index contributed by atoms with van der Waals surface area (Å²) in [6, 6.07) is 1.84. The lowest BCUT2D eigenvalue weighted by Gasteiger charge is -2.00. The van der Waals surface area contributed by atoms with Gasteiger partial charge in [0.15, 0.2) is 0 Å². The maximum absolute atomic E-state index is 10.7. The average molecular weight is 232 g/mol. The summed E-state index contributed by atoms with van der Waals surface area (Å²) in [6.07, 6.45) is 5.49. The minimum atomic E-state index is -0.909. The first-order chi connectivity index (χ1) is 8.20. The predicted octanol–water partition coefficient (Wildman–Crippen LogP) is 0.987. The zero-order valence-electron chi connectivity index (χ0n) is 9.37. The Bertz CT molecular complexity index is 522. The monoisotopic (exact) mass is 232 g/mol. The zero-order valence-corrected chi connectivity index (χ0v) is 9.37. The summed E-state index contributed by atoms with van der Waals surface area (Å²) in [5.41, 5.74) is 2.16. The van der Waals surface area contributed by atoms with E-state index in [2.05, 4.69) is 15.1 Å². The molecule has 2 rings (SSSR count). The molecule has 88 valence electrons. The van der Waals surface area contributed by atoms with E-state index in [1.807, 2.05) is 13.0 Å². The molecule has 2 aromatic heterocycles. The number of nitrogens with zero attached hydrogens (tertiary/aromatic N) is 4. The smallest absolute Gasteiger partial charge is 0.325 e. The summed E-state index contributed by atoms with van der Waals surface area (Å²) < 4.78 is 1.48. The zero-order chi connectivity index (χ0) is 12.3. The first-order valence-corrected chi connectivity index (χ1v) is 5.25. The molecule has 6 nitrogen and oxygen atoms in total. The molecule has 2 aromatic rings. The van der Waals surface area contributed by atoms with Gasteiger partial charge in [0.05, 0.1) is 6.20 Å². The van der Waals surface area contributed by atoms with Gasteiger partial charge in [-0.1, -0.05) is 6.92 Å². The maximum Gasteiger partial charge on any atom is 0.325 e. The van der Waals surface area contributed by atoms with E-state index < -0.39 is 5.97 Å². The second-order valence-electron chi connectivity index (χ2n) is 3.52. The number of hydrogen-bond donors (Lipinski definition) is 1. The van der Waals surface area contributed by atoms with Crippen molar-refractivity contribution < 1.29 is 9.90 Å². The number of carboxylic acids is 1. The molecule has 0 saturated heterocycles. The van der Waals surface area contributed by atoms with Gasteiger partial charge in [-0.2, -0.15) is 5.10 Å². The van der Waals surface area contributed by atoms with E-state index in [-0.39, 0.29) is 6.54 Å². The van der Waals surface area contributed by atoms with E-state index in [0.717, 1.165) is 12.1 Å². The fraction of sp³-hybridized carbons (Fsp3) is 0.273. The van der Waals surface area contributed by atoms with Gasteiger partial charge in [-0.15, -0.1) is 0 Å². The molecule has 0 unspecified atom stereocenters. The van der Waals surface area contributed by atoms with E-state index in [4.69, 9.17) is 5.11 Å². The van der Waals surface area contributed by atoms with E-state index >= 15 is 0 Å². The van der Waals surface area contributed by atoms with E-state index in [0.29, 0.717) is 11.4 Å². The molecule has 0 aromatic carbocycles. The van der Waals surface area contributed by atoms with Gasteiger partial charge in [-0.3, -0.25) is 19.4 Å². The van der Waals surface area contributed by atoms with E-state index in [1.165, 1.54) is 4.68 Å². The summed E-state index contributed by atoms with van der Waals surface area (Å²) >= 11 is 0. The van der Waals surface area contributed by atoms with Crippen LogP contribution < -0.4 is 0 Å². The average Bonchev–Trinajstić information content (AvgIpc) is 2.72. The Balaban J connectivity index is 2.37. The number of rotatable bonds is 4. The topological polar surface area (TPSA) is 80.9 Å². The Morgan fingerprint density at radius 2 is 2.24 bits per heavy atom. The molecule has 0 atom stereocenters. The summed E-state index contributed by atoms with van der Waals surface area (Å²) in [5, 5.41) is 13.0. The minimum Gasteiger partial charge on any atom is -0.480 e. The maximum atomic E-state index is 10.7. The summed E-state index contributed by atoms with van der Waals surface area (Å²) in [6.45, 7) is 1.82. The van der Waals surface area contributed by atoms with E-state index in [9.17, 15) is 4.79 Å². The van der Waals surface area contributed by atoms with Crippen LogP contribution in [0, 0.1) is 0 Å². The van der Waals surface area contributed by atoms with Crippen LogP contribution in [0.1, 0.15) is 12.6 Å². The highest BCUT2D eigenvalue weighted by Gasteiger charge is 2.11. The first kappa shape index (κ1) is 11.3. The standard InChI is InChI=1S/C11H12N4O2/c1-2-8-5-9(10-6-12-3-4-13-10)14-15(8)7-11(16)17/h3-6H,2,7H2,1H3,(H,16,17). The molecule has 0 fully saturated rings. The predicted molar refractivity (Wildman–Crippen MR) is 60.3 cm³/mol. The van der Waals surface area contributed by atoms with Crippen molar-refractivity contribution >= 4 is 5.97 Å². The highest BCUT2D eigenvalue weighted by Crippen LogP contribution is 2.16. The molecule has 0 aliphatic carbocycles. The van der Waals surface area contributed by atoms with E-state index in [1.54, 1.807) is 18.6 Å². The minimum absolute atomic E-state index is 0.135. The van der Waals surface area contributed by atoms with Crippen LogP contribution in [-0.2, 0) is 17.8 Å². The fourth-order valence-corrected chi connectivity index (χ4v) is 1.56. The third-order valence-corrected chi connectivity index (χ3v) is 2.34. The fourth-order valence-electron chi connectivity index (χ4n) is 1.56. The van der Waals surface area contributed by atoms with Crippen molar-refractivity contribution in [3.8, 4) is 11.4 Å². The molecule has 1 N–H and O–H groups in total. The molecule has 0 bridgehead atoms. The van der Waals surface area contributed by atoms with Crippen LogP contribution in [0.25, 0.3) is 11.4 Å². The Morgan fingerprint density at radius 1 is 1.41 bits per heavy atom. The molecular weight excluding hydrogens is 220 g/mol. The second-order valence-corrected chi connectivity index (χ2v) is 3.52. The summed E-state index contributed by atoms with van der Waals surface area (Å²) in [7, 11) is 0. The third-order valence-electron chi connectivity index (χ3n) is 2.34. The molecule has 0 saturated carbocycles. The molecule has 2 heterocycles. The number of carboxylic acid groups (broad SMARTS) is 1. The number of aromatic nitrogens is 4. The molecule has 0 radical (unpaired) electrons. The van der Waals surface area contributed by atoms with Crippen LogP contribution in [0.15, 0.2) is 24.7 Å². The van der Waals surface area contributed by atoms with Gasteiger partial charge < -0.3 is 5.11 Å². The van der Waals surface area contributed by atoms with Crippen LogP contribution in [0.3, 0.4) is 0 Å². The Morgan fingerprint density at radius 3 is 2.82 bits per heavy atom. The second kappa shape index (κ2) is 4.73. The summed E-state index contributed by atoms with van der Waals surface area (Å²) in [4.78, 5) is 18.8. The molecule has 0 amide bonds. The van der Waals surface area contributed by atoms with Crippen LogP contribution in [0.4, 0.5) is 0 Å². The van der Waals surface area contributed by atoms with Crippen molar-refractivity contribution in [1.82, 2.24) is 19.7 Å². The van der Waals surface area contributed by atoms with Crippen molar-refractivity contribution in [1.29, 1.82) is 0 Å². The van der Waals surface area contributed by atoms with Gasteiger partial charge in [-0.25, -0.2) is 0 Å². The van der Waals surface area contributed by atoms with Gasteiger partial charge in [0.2, 0.25) is 0 Å². The van der Waals surface area contributed by atoms with Crippen LogP contribution >= 0.6 is 0 Å². The number of carbonyl (C=O) groups is 1. The highest BCUT2D eigenvalue weighted by atomic mass is 16.4. The number of aryl methyl sites for hydroxylation is 1. The quantitative estimate of drug-likeness (QED) is 0.850. The lowest BCUT2D eigenvalue weighted by molar-refractivity contribution is -0.137. The molecule has 0 aliphatic rings.